The van der Waals surface area contributed by atoms with Crippen LogP contribution in [0.1, 0.15) is 31.4 Å². The zero-order valence-electron chi connectivity index (χ0n) is 10.5. The molecule has 0 atom stereocenters. The van der Waals surface area contributed by atoms with Crippen molar-refractivity contribution in [1.82, 2.24) is 14.5 Å². The van der Waals surface area contributed by atoms with E-state index in [1.54, 1.807) is 13.0 Å². The Labute approximate surface area is 109 Å². The molecule has 0 unspecified atom stereocenters. The van der Waals surface area contributed by atoms with Crippen LogP contribution in [-0.2, 0) is 11.3 Å². The van der Waals surface area contributed by atoms with Crippen LogP contribution >= 0.6 is 0 Å². The summed E-state index contributed by atoms with van der Waals surface area (Å²) in [7, 11) is 0. The third-order valence-electron chi connectivity index (χ3n) is 2.93. The van der Waals surface area contributed by atoms with E-state index in [0.29, 0.717) is 6.54 Å². The maximum atomic E-state index is 12.1. The maximum absolute atomic E-state index is 12.1. The third kappa shape index (κ3) is 2.57. The molecule has 0 spiro atoms. The average molecular weight is 262 g/mol. The van der Waals surface area contributed by atoms with Gasteiger partial charge in [0.2, 0.25) is 5.91 Å². The van der Waals surface area contributed by atoms with E-state index in [2.05, 4.69) is 5.32 Å². The number of carbonyl (C=O) groups excluding carboxylic acids is 1. The number of aromatic nitrogens is 2. The second kappa shape index (κ2) is 5.10. The van der Waals surface area contributed by atoms with Crippen LogP contribution in [0.5, 0.6) is 0 Å². The van der Waals surface area contributed by atoms with Crippen molar-refractivity contribution in [2.75, 3.05) is 6.54 Å². The van der Waals surface area contributed by atoms with E-state index in [9.17, 15) is 14.4 Å². The zero-order valence-corrected chi connectivity index (χ0v) is 10.5. The van der Waals surface area contributed by atoms with Crippen molar-refractivity contribution < 1.29 is 4.79 Å². The van der Waals surface area contributed by atoms with Gasteiger partial charge in [0.25, 0.3) is 5.56 Å². The number of nitrogens with zero attached hydrogens (tertiary/aromatic N) is 3. The van der Waals surface area contributed by atoms with E-state index in [4.69, 9.17) is 5.26 Å². The summed E-state index contributed by atoms with van der Waals surface area (Å²) < 4.78 is 2.20. The first-order chi connectivity index (χ1) is 9.08. The Kier molecular flexibility index (Phi) is 3.51. The smallest absolute Gasteiger partial charge is 0.331 e. The van der Waals surface area contributed by atoms with Gasteiger partial charge in [0.1, 0.15) is 18.2 Å². The van der Waals surface area contributed by atoms with Crippen molar-refractivity contribution in [3.63, 3.8) is 0 Å². The number of carbonyl (C=O) groups is 1. The SMILES string of the molecule is CCNC(=O)Cn1c(=O)c(C#N)cn(C2CC2)c1=O. The average Bonchev–Trinajstić information content (AvgIpc) is 3.19. The van der Waals surface area contributed by atoms with Crippen molar-refractivity contribution >= 4 is 5.91 Å². The highest BCUT2D eigenvalue weighted by molar-refractivity contribution is 5.75. The van der Waals surface area contributed by atoms with Gasteiger partial charge in [-0.15, -0.1) is 0 Å². The Bertz CT molecular complexity index is 661. The van der Waals surface area contributed by atoms with Gasteiger partial charge in [0.15, 0.2) is 0 Å². The summed E-state index contributed by atoms with van der Waals surface area (Å²) in [4.78, 5) is 35.5. The lowest BCUT2D eigenvalue weighted by atomic mass is 10.3. The molecular formula is C12H14N4O3. The molecule has 1 aromatic heterocycles. The van der Waals surface area contributed by atoms with Crippen LogP contribution in [0.15, 0.2) is 15.8 Å². The van der Waals surface area contributed by atoms with Gasteiger partial charge in [0.05, 0.1) is 0 Å². The predicted octanol–water partition coefficient (Wildman–Crippen LogP) is -0.647. The Hall–Kier alpha value is -2.36. The monoisotopic (exact) mass is 262 g/mol. The lowest BCUT2D eigenvalue weighted by Crippen LogP contribution is -2.44. The Balaban J connectivity index is 2.49. The molecule has 0 aromatic carbocycles. The number of nitriles is 1. The highest BCUT2D eigenvalue weighted by atomic mass is 16.2. The summed E-state index contributed by atoms with van der Waals surface area (Å²) in [6.07, 6.45) is 2.99. The molecule has 1 aliphatic carbocycles. The first kappa shape index (κ1) is 13.1. The lowest BCUT2D eigenvalue weighted by molar-refractivity contribution is -0.121. The minimum Gasteiger partial charge on any atom is -0.355 e. The van der Waals surface area contributed by atoms with Crippen molar-refractivity contribution in [1.29, 1.82) is 5.26 Å². The fraction of sp³-hybridized carbons (Fsp3) is 0.500. The van der Waals surface area contributed by atoms with E-state index in [1.165, 1.54) is 10.8 Å². The zero-order chi connectivity index (χ0) is 14.0. The summed E-state index contributed by atoms with van der Waals surface area (Å²) in [5, 5.41) is 11.4. The molecule has 1 saturated carbocycles. The molecule has 1 aliphatic rings. The van der Waals surface area contributed by atoms with Crippen LogP contribution in [0.3, 0.4) is 0 Å². The quantitative estimate of drug-likeness (QED) is 0.780. The Morgan fingerprint density at radius 3 is 2.74 bits per heavy atom. The van der Waals surface area contributed by atoms with Gasteiger partial charge < -0.3 is 5.32 Å². The van der Waals surface area contributed by atoms with Crippen molar-refractivity contribution in [3.8, 4) is 6.07 Å². The van der Waals surface area contributed by atoms with Gasteiger partial charge in [-0.1, -0.05) is 0 Å². The number of nitrogens with one attached hydrogen (secondary N) is 1. The normalized spacial score (nSPS) is 13.9. The topological polar surface area (TPSA) is 96.9 Å². The Morgan fingerprint density at radius 2 is 2.21 bits per heavy atom. The number of likely N-dealkylation sites (N-methyl/N-ethyl adjacent to an activating group) is 1. The summed E-state index contributed by atoms with van der Waals surface area (Å²) in [6.45, 7) is 1.81. The van der Waals surface area contributed by atoms with Gasteiger partial charge in [0, 0.05) is 18.8 Å². The molecule has 19 heavy (non-hydrogen) atoms. The molecule has 0 radical (unpaired) electrons. The van der Waals surface area contributed by atoms with Crippen LogP contribution in [0.25, 0.3) is 0 Å². The van der Waals surface area contributed by atoms with Crippen molar-refractivity contribution in [3.05, 3.63) is 32.6 Å². The van der Waals surface area contributed by atoms with E-state index in [1.807, 2.05) is 0 Å². The molecule has 1 N–H and O–H groups in total. The van der Waals surface area contributed by atoms with Crippen molar-refractivity contribution in [2.24, 2.45) is 0 Å². The first-order valence-electron chi connectivity index (χ1n) is 6.11. The first-order valence-corrected chi connectivity index (χ1v) is 6.11. The minimum absolute atomic E-state index is 0.0423. The summed E-state index contributed by atoms with van der Waals surface area (Å²) in [6, 6.07) is 1.81. The highest BCUT2D eigenvalue weighted by Crippen LogP contribution is 2.33. The highest BCUT2D eigenvalue weighted by Gasteiger charge is 2.27. The number of amides is 1. The third-order valence-corrected chi connectivity index (χ3v) is 2.93. The van der Waals surface area contributed by atoms with Crippen LogP contribution in [0.2, 0.25) is 0 Å². The van der Waals surface area contributed by atoms with E-state index in [-0.39, 0.29) is 18.2 Å². The van der Waals surface area contributed by atoms with Gasteiger partial charge in [-0.3, -0.25) is 14.2 Å². The summed E-state index contributed by atoms with van der Waals surface area (Å²) >= 11 is 0. The van der Waals surface area contributed by atoms with Gasteiger partial charge in [-0.05, 0) is 19.8 Å². The second-order valence-electron chi connectivity index (χ2n) is 4.42. The standard InChI is InChI=1S/C12H14N4O3/c1-2-14-10(17)7-16-11(18)8(5-13)6-15(12(16)19)9-3-4-9/h6,9H,2-4,7H2,1H3,(H,14,17). The van der Waals surface area contributed by atoms with Gasteiger partial charge >= 0.3 is 5.69 Å². The molecule has 1 aromatic rings. The van der Waals surface area contributed by atoms with E-state index < -0.39 is 17.2 Å². The molecule has 7 heteroatoms. The second-order valence-corrected chi connectivity index (χ2v) is 4.42. The van der Waals surface area contributed by atoms with Crippen molar-refractivity contribution in [2.45, 2.75) is 32.4 Å². The summed E-state index contributed by atoms with van der Waals surface area (Å²) in [5.74, 6) is -0.417. The predicted molar refractivity (Wildman–Crippen MR) is 66.6 cm³/mol. The summed E-state index contributed by atoms with van der Waals surface area (Å²) in [5.41, 5.74) is -1.36. The Morgan fingerprint density at radius 1 is 1.53 bits per heavy atom. The molecule has 1 heterocycles. The molecule has 7 nitrogen and oxygen atoms in total. The fourth-order valence-corrected chi connectivity index (χ4v) is 1.85. The maximum Gasteiger partial charge on any atom is 0.331 e. The molecule has 1 fully saturated rings. The van der Waals surface area contributed by atoms with E-state index in [0.717, 1.165) is 17.4 Å². The largest absolute Gasteiger partial charge is 0.355 e. The number of hydrogen-bond donors (Lipinski definition) is 1. The van der Waals surface area contributed by atoms with Gasteiger partial charge in [-0.25, -0.2) is 9.36 Å². The molecule has 0 saturated heterocycles. The minimum atomic E-state index is -0.712. The van der Waals surface area contributed by atoms with E-state index >= 15 is 0 Å². The molecule has 100 valence electrons. The molecular weight excluding hydrogens is 248 g/mol. The molecule has 2 rings (SSSR count). The van der Waals surface area contributed by atoms with Crippen LogP contribution < -0.4 is 16.6 Å². The molecule has 0 bridgehead atoms. The van der Waals surface area contributed by atoms with Crippen LogP contribution in [-0.4, -0.2) is 21.6 Å². The fourth-order valence-electron chi connectivity index (χ4n) is 1.85. The number of rotatable bonds is 4. The van der Waals surface area contributed by atoms with Crippen LogP contribution in [0.4, 0.5) is 0 Å². The number of hydrogen-bond acceptors (Lipinski definition) is 4. The van der Waals surface area contributed by atoms with Crippen LogP contribution in [0, 0.1) is 11.3 Å². The molecule has 0 aliphatic heterocycles. The molecule has 1 amide bonds. The van der Waals surface area contributed by atoms with Gasteiger partial charge in [-0.2, -0.15) is 5.26 Å². The lowest BCUT2D eigenvalue weighted by Gasteiger charge is -2.09.